The number of benzene rings is 1. The van der Waals surface area contributed by atoms with Gasteiger partial charge in [-0.15, -0.1) is 11.8 Å². The van der Waals surface area contributed by atoms with Crippen molar-refractivity contribution in [2.75, 3.05) is 19.3 Å². The summed E-state index contributed by atoms with van der Waals surface area (Å²) in [6, 6.07) is 15.0. The van der Waals surface area contributed by atoms with Crippen LogP contribution in [0, 0.1) is 5.92 Å². The highest BCUT2D eigenvalue weighted by molar-refractivity contribution is 7.98. The van der Waals surface area contributed by atoms with E-state index in [-0.39, 0.29) is 12.0 Å². The fourth-order valence-corrected chi connectivity index (χ4v) is 3.87. The van der Waals surface area contributed by atoms with Crippen LogP contribution in [0.15, 0.2) is 53.6 Å². The van der Waals surface area contributed by atoms with E-state index in [0.717, 1.165) is 38.0 Å². The third-order valence-corrected chi connectivity index (χ3v) is 5.69. The molecule has 1 aromatic heterocycles. The van der Waals surface area contributed by atoms with Crippen LogP contribution in [0.1, 0.15) is 30.1 Å². The fourth-order valence-electron chi connectivity index (χ4n) is 3.46. The highest BCUT2D eigenvalue weighted by Gasteiger charge is 2.29. The van der Waals surface area contributed by atoms with Crippen molar-refractivity contribution in [2.45, 2.75) is 30.2 Å². The number of thioether (sulfide) groups is 1. The van der Waals surface area contributed by atoms with E-state index < -0.39 is 5.97 Å². The topological polar surface area (TPSA) is 53.4 Å². The molecule has 1 aliphatic rings. The lowest BCUT2D eigenvalue weighted by atomic mass is 9.92. The summed E-state index contributed by atoms with van der Waals surface area (Å²) >= 11 is 1.74. The third-order valence-electron chi connectivity index (χ3n) is 4.95. The first-order chi connectivity index (χ1) is 12.2. The molecule has 4 nitrogen and oxygen atoms in total. The lowest BCUT2D eigenvalue weighted by Crippen LogP contribution is -2.39. The lowest BCUT2D eigenvalue weighted by Gasteiger charge is -2.37. The molecule has 0 aliphatic carbocycles. The largest absolute Gasteiger partial charge is 0.481 e. The predicted octanol–water partition coefficient (Wildman–Crippen LogP) is 3.88. The van der Waals surface area contributed by atoms with Crippen LogP contribution in [0.5, 0.6) is 0 Å². The van der Waals surface area contributed by atoms with Gasteiger partial charge in [0.05, 0.1) is 5.92 Å². The number of carboxylic acid groups (broad SMARTS) is 1. The SMILES string of the molecule is CSc1ccc(C(Cc2ccccn2)N2CCC(C(=O)O)CC2)cc1. The van der Waals surface area contributed by atoms with Crippen LogP contribution < -0.4 is 0 Å². The van der Waals surface area contributed by atoms with Crippen LogP contribution in [-0.4, -0.2) is 40.3 Å². The minimum atomic E-state index is -0.662. The van der Waals surface area contributed by atoms with Crippen LogP contribution in [0.25, 0.3) is 0 Å². The number of nitrogens with zero attached hydrogens (tertiary/aromatic N) is 2. The number of piperidine rings is 1. The molecule has 1 N–H and O–H groups in total. The number of hydrogen-bond donors (Lipinski definition) is 1. The van der Waals surface area contributed by atoms with Gasteiger partial charge in [0.15, 0.2) is 0 Å². The Morgan fingerprint density at radius 1 is 1.24 bits per heavy atom. The number of aromatic nitrogens is 1. The molecule has 1 atom stereocenters. The van der Waals surface area contributed by atoms with E-state index in [1.807, 2.05) is 18.3 Å². The van der Waals surface area contributed by atoms with E-state index in [4.69, 9.17) is 0 Å². The van der Waals surface area contributed by atoms with Crippen LogP contribution in [-0.2, 0) is 11.2 Å². The van der Waals surface area contributed by atoms with Gasteiger partial charge in [-0.05, 0) is 62.0 Å². The van der Waals surface area contributed by atoms with Gasteiger partial charge in [-0.2, -0.15) is 0 Å². The molecule has 25 heavy (non-hydrogen) atoms. The Morgan fingerprint density at radius 3 is 2.52 bits per heavy atom. The first kappa shape index (κ1) is 18.0. The quantitative estimate of drug-likeness (QED) is 0.796. The van der Waals surface area contributed by atoms with Gasteiger partial charge in [-0.25, -0.2) is 0 Å². The first-order valence-corrected chi connectivity index (χ1v) is 9.90. The summed E-state index contributed by atoms with van der Waals surface area (Å²) in [6.07, 6.45) is 6.20. The minimum Gasteiger partial charge on any atom is -0.481 e. The molecule has 0 saturated carbocycles. The predicted molar refractivity (Wildman–Crippen MR) is 101 cm³/mol. The van der Waals surface area contributed by atoms with Crippen LogP contribution >= 0.6 is 11.8 Å². The lowest BCUT2D eigenvalue weighted by molar-refractivity contribution is -0.143. The Hall–Kier alpha value is -1.85. The summed E-state index contributed by atoms with van der Waals surface area (Å²) in [7, 11) is 0. The van der Waals surface area contributed by atoms with E-state index >= 15 is 0 Å². The Morgan fingerprint density at radius 2 is 1.96 bits per heavy atom. The van der Waals surface area contributed by atoms with Crippen molar-refractivity contribution in [1.82, 2.24) is 9.88 Å². The van der Waals surface area contributed by atoms with Crippen LogP contribution in [0.3, 0.4) is 0 Å². The first-order valence-electron chi connectivity index (χ1n) is 8.68. The second-order valence-corrected chi connectivity index (χ2v) is 7.34. The standard InChI is InChI=1S/C20H24N2O2S/c1-25-18-7-5-15(6-8-18)19(14-17-4-2-3-11-21-17)22-12-9-16(10-13-22)20(23)24/h2-8,11,16,19H,9-10,12-14H2,1H3,(H,23,24). The van der Waals surface area contributed by atoms with Crippen molar-refractivity contribution in [3.05, 3.63) is 59.9 Å². The van der Waals surface area contributed by atoms with Gasteiger partial charge in [0, 0.05) is 29.2 Å². The average molecular weight is 356 g/mol. The molecule has 0 spiro atoms. The van der Waals surface area contributed by atoms with E-state index in [0.29, 0.717) is 0 Å². The Bertz CT molecular complexity index is 683. The number of likely N-dealkylation sites (tertiary alicyclic amines) is 1. The van der Waals surface area contributed by atoms with Crippen LogP contribution in [0.4, 0.5) is 0 Å². The summed E-state index contributed by atoms with van der Waals surface area (Å²) in [4.78, 5) is 19.4. The van der Waals surface area contributed by atoms with Crippen molar-refractivity contribution in [1.29, 1.82) is 0 Å². The summed E-state index contributed by atoms with van der Waals surface area (Å²) in [5.41, 5.74) is 2.35. The van der Waals surface area contributed by atoms with Gasteiger partial charge in [0.2, 0.25) is 0 Å². The molecule has 3 rings (SSSR count). The van der Waals surface area contributed by atoms with Gasteiger partial charge in [0.25, 0.3) is 0 Å². The van der Waals surface area contributed by atoms with E-state index in [1.165, 1.54) is 10.5 Å². The highest BCUT2D eigenvalue weighted by atomic mass is 32.2. The normalized spacial score (nSPS) is 17.3. The summed E-state index contributed by atoms with van der Waals surface area (Å²) in [5.74, 6) is -0.865. The van der Waals surface area contributed by atoms with E-state index in [9.17, 15) is 9.90 Å². The molecule has 1 fully saturated rings. The summed E-state index contributed by atoms with van der Waals surface area (Å²) in [6.45, 7) is 1.64. The summed E-state index contributed by atoms with van der Waals surface area (Å²) in [5, 5.41) is 9.24. The maximum atomic E-state index is 11.2. The fraction of sp³-hybridized carbons (Fsp3) is 0.400. The third kappa shape index (κ3) is 4.61. The molecule has 2 heterocycles. The molecule has 1 saturated heterocycles. The number of pyridine rings is 1. The Labute approximate surface area is 153 Å². The second kappa shape index (κ2) is 8.50. The molecular weight excluding hydrogens is 332 g/mol. The van der Waals surface area contributed by atoms with Gasteiger partial charge in [-0.3, -0.25) is 14.7 Å². The molecule has 0 radical (unpaired) electrons. The highest BCUT2D eigenvalue weighted by Crippen LogP contribution is 2.30. The monoisotopic (exact) mass is 356 g/mol. The van der Waals surface area contributed by atoms with Gasteiger partial charge in [-0.1, -0.05) is 18.2 Å². The molecule has 2 aromatic rings. The number of carbonyl (C=O) groups is 1. The Balaban J connectivity index is 1.80. The molecule has 0 bridgehead atoms. The molecular formula is C20H24N2O2S. The number of carboxylic acids is 1. The van der Waals surface area contributed by atoms with Crippen molar-refractivity contribution in [3.8, 4) is 0 Å². The zero-order chi connectivity index (χ0) is 17.6. The molecule has 1 unspecified atom stereocenters. The smallest absolute Gasteiger partial charge is 0.306 e. The van der Waals surface area contributed by atoms with Crippen molar-refractivity contribution in [3.63, 3.8) is 0 Å². The second-order valence-electron chi connectivity index (χ2n) is 6.46. The maximum absolute atomic E-state index is 11.2. The molecule has 0 amide bonds. The summed E-state index contributed by atoms with van der Waals surface area (Å²) < 4.78 is 0. The average Bonchev–Trinajstić information content (AvgIpc) is 2.67. The maximum Gasteiger partial charge on any atom is 0.306 e. The van der Waals surface area contributed by atoms with Crippen molar-refractivity contribution in [2.24, 2.45) is 5.92 Å². The van der Waals surface area contributed by atoms with Gasteiger partial charge < -0.3 is 5.11 Å². The zero-order valence-electron chi connectivity index (χ0n) is 14.5. The van der Waals surface area contributed by atoms with Crippen LogP contribution in [0.2, 0.25) is 0 Å². The molecule has 5 heteroatoms. The zero-order valence-corrected chi connectivity index (χ0v) is 15.3. The van der Waals surface area contributed by atoms with Gasteiger partial charge in [0.1, 0.15) is 0 Å². The van der Waals surface area contributed by atoms with Crippen molar-refractivity contribution < 1.29 is 9.90 Å². The Kier molecular flexibility index (Phi) is 6.10. The number of rotatable bonds is 6. The number of hydrogen-bond acceptors (Lipinski definition) is 4. The van der Waals surface area contributed by atoms with E-state index in [2.05, 4.69) is 46.5 Å². The molecule has 1 aliphatic heterocycles. The minimum absolute atomic E-state index is 0.203. The molecule has 1 aromatic carbocycles. The van der Waals surface area contributed by atoms with Gasteiger partial charge >= 0.3 is 5.97 Å². The molecule has 132 valence electrons. The van der Waals surface area contributed by atoms with Crippen molar-refractivity contribution >= 4 is 17.7 Å². The number of aliphatic carboxylic acids is 1. The van der Waals surface area contributed by atoms with E-state index in [1.54, 1.807) is 11.8 Å².